The summed E-state index contributed by atoms with van der Waals surface area (Å²) in [6.45, 7) is 6.27. The molecule has 0 bridgehead atoms. The molecule has 21 heavy (non-hydrogen) atoms. The normalized spacial score (nSPS) is 14.3. The molecular formula is C17H19NOS2. The van der Waals surface area contributed by atoms with Crippen LogP contribution in [0.2, 0.25) is 0 Å². The van der Waals surface area contributed by atoms with Crippen molar-refractivity contribution in [2.24, 2.45) is 0 Å². The van der Waals surface area contributed by atoms with Gasteiger partial charge in [-0.2, -0.15) is 0 Å². The van der Waals surface area contributed by atoms with Crippen LogP contribution in [-0.2, 0) is 12.8 Å². The number of fused-ring (bicyclic) bond motifs is 3. The van der Waals surface area contributed by atoms with Crippen molar-refractivity contribution in [3.8, 4) is 15.5 Å². The summed E-state index contributed by atoms with van der Waals surface area (Å²) in [5, 5.41) is 1.03. The zero-order chi connectivity index (χ0) is 14.8. The van der Waals surface area contributed by atoms with Gasteiger partial charge in [-0.25, -0.2) is 4.37 Å². The molecule has 2 aromatic heterocycles. The first-order valence-corrected chi connectivity index (χ1v) is 8.84. The Morgan fingerprint density at radius 3 is 3.00 bits per heavy atom. The van der Waals surface area contributed by atoms with Gasteiger partial charge in [0.05, 0.1) is 10.4 Å². The van der Waals surface area contributed by atoms with Crippen LogP contribution in [0.5, 0.6) is 5.06 Å². The summed E-state index contributed by atoms with van der Waals surface area (Å²) in [6, 6.07) is 0. The Labute approximate surface area is 134 Å². The quantitative estimate of drug-likeness (QED) is 0.546. The van der Waals surface area contributed by atoms with Crippen LogP contribution in [-0.4, -0.2) is 4.37 Å². The SMILES string of the molecule is C/C=C\C/C(=C\C)Oc1sc(C)c2c1-c1sncc1CC2. The Hall–Kier alpha value is -1.39. The highest BCUT2D eigenvalue weighted by Crippen LogP contribution is 2.49. The van der Waals surface area contributed by atoms with E-state index in [2.05, 4.69) is 29.5 Å². The minimum atomic E-state index is 0.842. The van der Waals surface area contributed by atoms with Crippen LogP contribution >= 0.6 is 22.9 Å². The van der Waals surface area contributed by atoms with Crippen molar-refractivity contribution in [2.45, 2.75) is 40.0 Å². The van der Waals surface area contributed by atoms with E-state index in [0.29, 0.717) is 0 Å². The number of ether oxygens (including phenoxy) is 1. The minimum absolute atomic E-state index is 0.842. The Morgan fingerprint density at radius 2 is 2.24 bits per heavy atom. The van der Waals surface area contributed by atoms with Crippen LogP contribution < -0.4 is 4.74 Å². The number of aryl methyl sites for hydroxylation is 2. The van der Waals surface area contributed by atoms with Crippen molar-refractivity contribution in [2.75, 3.05) is 0 Å². The first-order chi connectivity index (χ1) is 10.2. The maximum Gasteiger partial charge on any atom is 0.189 e. The van der Waals surface area contributed by atoms with Crippen molar-refractivity contribution in [3.05, 3.63) is 46.2 Å². The smallest absolute Gasteiger partial charge is 0.189 e. The Balaban J connectivity index is 1.99. The average Bonchev–Trinajstić information content (AvgIpc) is 3.08. The molecule has 0 amide bonds. The second-order valence-electron chi connectivity index (χ2n) is 5.11. The van der Waals surface area contributed by atoms with E-state index in [4.69, 9.17) is 4.74 Å². The van der Waals surface area contributed by atoms with Gasteiger partial charge in [0.15, 0.2) is 5.06 Å². The fourth-order valence-electron chi connectivity index (χ4n) is 2.63. The van der Waals surface area contributed by atoms with Gasteiger partial charge in [-0.05, 0) is 62.3 Å². The molecule has 3 rings (SSSR count). The van der Waals surface area contributed by atoms with Crippen LogP contribution in [0.1, 0.15) is 36.3 Å². The van der Waals surface area contributed by atoms with Crippen LogP contribution in [0.15, 0.2) is 30.2 Å². The second-order valence-corrected chi connectivity index (χ2v) is 7.10. The van der Waals surface area contributed by atoms with Crippen molar-refractivity contribution in [3.63, 3.8) is 0 Å². The number of thiophene rings is 1. The highest BCUT2D eigenvalue weighted by atomic mass is 32.1. The maximum atomic E-state index is 6.22. The molecule has 0 aromatic carbocycles. The van der Waals surface area contributed by atoms with Gasteiger partial charge in [-0.1, -0.05) is 12.2 Å². The average molecular weight is 317 g/mol. The van der Waals surface area contributed by atoms with Gasteiger partial charge < -0.3 is 4.74 Å². The van der Waals surface area contributed by atoms with Gasteiger partial charge in [-0.3, -0.25) is 0 Å². The molecule has 0 aliphatic heterocycles. The predicted octanol–water partition coefficient (Wildman–Crippen LogP) is 5.53. The largest absolute Gasteiger partial charge is 0.450 e. The van der Waals surface area contributed by atoms with Crippen molar-refractivity contribution < 1.29 is 4.74 Å². The minimum Gasteiger partial charge on any atom is -0.450 e. The molecule has 0 radical (unpaired) electrons. The molecule has 110 valence electrons. The Kier molecular flexibility index (Phi) is 4.27. The molecule has 2 nitrogen and oxygen atoms in total. The van der Waals surface area contributed by atoms with Crippen LogP contribution in [0, 0.1) is 6.92 Å². The molecular weight excluding hydrogens is 298 g/mol. The third-order valence-corrected chi connectivity index (χ3v) is 5.68. The number of hydrogen-bond acceptors (Lipinski definition) is 4. The zero-order valence-electron chi connectivity index (χ0n) is 12.6. The molecule has 0 saturated heterocycles. The van der Waals surface area contributed by atoms with Crippen molar-refractivity contribution >= 4 is 22.9 Å². The van der Waals surface area contributed by atoms with Gasteiger partial charge in [-0.15, -0.1) is 11.3 Å². The molecule has 1 aliphatic rings. The van der Waals surface area contributed by atoms with Gasteiger partial charge in [0.1, 0.15) is 5.76 Å². The molecule has 0 fully saturated rings. The maximum absolute atomic E-state index is 6.22. The van der Waals surface area contributed by atoms with E-state index in [9.17, 15) is 0 Å². The van der Waals surface area contributed by atoms with Crippen LogP contribution in [0.3, 0.4) is 0 Å². The van der Waals surface area contributed by atoms with Crippen molar-refractivity contribution in [1.29, 1.82) is 0 Å². The lowest BCUT2D eigenvalue weighted by Gasteiger charge is -2.14. The fourth-order valence-corrected chi connectivity index (χ4v) is 4.64. The van der Waals surface area contributed by atoms with Gasteiger partial charge in [0.25, 0.3) is 0 Å². The van der Waals surface area contributed by atoms with Crippen molar-refractivity contribution in [1.82, 2.24) is 4.37 Å². The third kappa shape index (κ3) is 2.70. The monoisotopic (exact) mass is 317 g/mol. The summed E-state index contributed by atoms with van der Waals surface area (Å²) in [5.41, 5.74) is 4.11. The molecule has 0 atom stereocenters. The van der Waals surface area contributed by atoms with E-state index in [1.165, 1.54) is 26.4 Å². The molecule has 1 aliphatic carbocycles. The molecule has 0 spiro atoms. The van der Waals surface area contributed by atoms with Gasteiger partial charge in [0.2, 0.25) is 0 Å². The van der Waals surface area contributed by atoms with Crippen LogP contribution in [0.25, 0.3) is 10.4 Å². The zero-order valence-corrected chi connectivity index (χ0v) is 14.2. The first-order valence-electron chi connectivity index (χ1n) is 7.25. The van der Waals surface area contributed by atoms with E-state index >= 15 is 0 Å². The number of hydrogen-bond donors (Lipinski definition) is 0. The van der Waals surface area contributed by atoms with E-state index in [1.54, 1.807) is 22.9 Å². The number of rotatable bonds is 4. The standard InChI is InChI=1S/C17H19NOS2/c1-4-6-7-13(5-2)19-17-15-14(11(3)20-17)9-8-12-10-18-21-16(12)15/h4-6,10H,7-9H2,1-3H3/b6-4-,13-5+. The summed E-state index contributed by atoms with van der Waals surface area (Å²) in [5.74, 6) is 1.01. The highest BCUT2D eigenvalue weighted by Gasteiger charge is 2.26. The predicted molar refractivity (Wildman–Crippen MR) is 91.4 cm³/mol. The summed E-state index contributed by atoms with van der Waals surface area (Å²) < 4.78 is 10.6. The molecule has 2 heterocycles. The fraction of sp³-hybridized carbons (Fsp3) is 0.353. The molecule has 0 N–H and O–H groups in total. The molecule has 0 saturated carbocycles. The lowest BCUT2D eigenvalue weighted by Crippen LogP contribution is -2.01. The van der Waals surface area contributed by atoms with E-state index in [0.717, 1.165) is 30.1 Å². The molecule has 4 heteroatoms. The van der Waals surface area contributed by atoms with Crippen LogP contribution in [0.4, 0.5) is 0 Å². The molecule has 2 aromatic rings. The van der Waals surface area contributed by atoms with Gasteiger partial charge >= 0.3 is 0 Å². The molecule has 0 unspecified atom stereocenters. The highest BCUT2D eigenvalue weighted by molar-refractivity contribution is 7.15. The topological polar surface area (TPSA) is 22.1 Å². The lowest BCUT2D eigenvalue weighted by molar-refractivity contribution is 0.427. The summed E-state index contributed by atoms with van der Waals surface area (Å²) in [4.78, 5) is 2.68. The second kappa shape index (κ2) is 6.16. The number of nitrogens with zero attached hydrogens (tertiary/aromatic N) is 1. The Morgan fingerprint density at radius 1 is 1.38 bits per heavy atom. The summed E-state index contributed by atoms with van der Waals surface area (Å²) >= 11 is 3.36. The summed E-state index contributed by atoms with van der Waals surface area (Å²) in [6.07, 6.45) is 11.3. The van der Waals surface area contributed by atoms with E-state index < -0.39 is 0 Å². The first kappa shape index (κ1) is 14.5. The number of allylic oxidation sites excluding steroid dienone is 3. The third-order valence-electron chi connectivity index (χ3n) is 3.79. The summed E-state index contributed by atoms with van der Waals surface area (Å²) in [7, 11) is 0. The number of aromatic nitrogens is 1. The lowest BCUT2D eigenvalue weighted by atomic mass is 9.94. The van der Waals surface area contributed by atoms with Gasteiger partial charge in [0, 0.05) is 17.5 Å². The van der Waals surface area contributed by atoms with E-state index in [-0.39, 0.29) is 0 Å². The van der Waals surface area contributed by atoms with E-state index in [1.807, 2.05) is 20.0 Å². The Bertz CT molecular complexity index is 706.